The van der Waals surface area contributed by atoms with E-state index in [0.29, 0.717) is 41.8 Å². The van der Waals surface area contributed by atoms with Gasteiger partial charge < -0.3 is 25.4 Å². The molecule has 0 radical (unpaired) electrons. The summed E-state index contributed by atoms with van der Waals surface area (Å²) >= 11 is 5.92. The molecule has 10 heteroatoms. The average Bonchev–Trinajstić information content (AvgIpc) is 2.86. The Morgan fingerprint density at radius 1 is 1.15 bits per heavy atom. The van der Waals surface area contributed by atoms with Crippen molar-refractivity contribution in [3.8, 4) is 5.75 Å². The molecule has 4 rings (SSSR count). The summed E-state index contributed by atoms with van der Waals surface area (Å²) in [6.45, 7) is 1.13. The van der Waals surface area contributed by atoms with Crippen molar-refractivity contribution in [3.05, 3.63) is 71.5 Å². The molecule has 2 amide bonds. The van der Waals surface area contributed by atoms with E-state index in [1.54, 1.807) is 50.0 Å². The average molecular weight is 469 g/mol. The molecular weight excluding hydrogens is 444 g/mol. The number of nitrogens with one attached hydrogen (secondary N) is 2. The number of pyridine rings is 1. The van der Waals surface area contributed by atoms with Crippen LogP contribution in [-0.2, 0) is 6.61 Å². The Morgan fingerprint density at radius 3 is 2.55 bits per heavy atom. The molecule has 3 heterocycles. The fourth-order valence-electron chi connectivity index (χ4n) is 3.85. The Balaban J connectivity index is 1.51. The van der Waals surface area contributed by atoms with E-state index in [0.717, 1.165) is 11.4 Å². The lowest BCUT2D eigenvalue weighted by Crippen LogP contribution is -2.51. The number of methoxy groups -OCH3 is 1. The van der Waals surface area contributed by atoms with Gasteiger partial charge in [-0.3, -0.25) is 4.98 Å². The van der Waals surface area contributed by atoms with Gasteiger partial charge in [-0.15, -0.1) is 0 Å². The second-order valence-electron chi connectivity index (χ2n) is 7.69. The number of ether oxygens (including phenoxy) is 1. The molecule has 3 N–H and O–H groups in total. The normalized spacial score (nSPS) is 18.0. The molecule has 172 valence electrons. The van der Waals surface area contributed by atoms with Crippen LogP contribution in [0, 0.1) is 0 Å². The molecule has 1 aromatic carbocycles. The molecule has 33 heavy (non-hydrogen) atoms. The number of rotatable bonds is 6. The summed E-state index contributed by atoms with van der Waals surface area (Å²) in [6, 6.07) is 10.3. The highest BCUT2D eigenvalue weighted by atomic mass is 35.5. The molecule has 0 spiro atoms. The molecule has 2 atom stereocenters. The lowest BCUT2D eigenvalue weighted by atomic mass is 9.88. The predicted molar refractivity (Wildman–Crippen MR) is 126 cm³/mol. The number of urea groups is 1. The summed E-state index contributed by atoms with van der Waals surface area (Å²) in [6.07, 6.45) is 5.79. The van der Waals surface area contributed by atoms with Crippen molar-refractivity contribution in [3.63, 3.8) is 0 Å². The molecule has 3 aromatic rings. The zero-order valence-electron chi connectivity index (χ0n) is 18.1. The summed E-state index contributed by atoms with van der Waals surface area (Å²) in [4.78, 5) is 27.8. The Hall–Kier alpha value is -3.43. The van der Waals surface area contributed by atoms with Crippen LogP contribution in [0.1, 0.15) is 23.9 Å². The van der Waals surface area contributed by atoms with Crippen LogP contribution >= 0.6 is 11.6 Å². The summed E-state index contributed by atoms with van der Waals surface area (Å²) in [5.74, 6) is 0.977. The summed E-state index contributed by atoms with van der Waals surface area (Å²) < 4.78 is 5.24. The number of anilines is 2. The molecule has 0 aliphatic carbocycles. The van der Waals surface area contributed by atoms with Crippen LogP contribution in [0.5, 0.6) is 5.75 Å². The van der Waals surface area contributed by atoms with Gasteiger partial charge in [0.25, 0.3) is 0 Å². The number of aliphatic hydroxyl groups excluding tert-OH is 1. The van der Waals surface area contributed by atoms with Crippen LogP contribution in [-0.4, -0.2) is 52.3 Å². The highest BCUT2D eigenvalue weighted by Gasteiger charge is 2.33. The number of nitrogens with zero attached hydrogens (tertiary/aromatic N) is 4. The third-order valence-electron chi connectivity index (χ3n) is 5.60. The van der Waals surface area contributed by atoms with Crippen LogP contribution in [0.3, 0.4) is 0 Å². The first-order valence-corrected chi connectivity index (χ1v) is 10.9. The largest absolute Gasteiger partial charge is 0.495 e. The van der Waals surface area contributed by atoms with E-state index in [-0.39, 0.29) is 24.6 Å². The molecule has 9 nitrogen and oxygen atoms in total. The maximum absolute atomic E-state index is 12.7. The maximum atomic E-state index is 12.7. The number of hydrogen-bond donors (Lipinski definition) is 3. The fourth-order valence-corrected chi connectivity index (χ4v) is 3.98. The Bertz CT molecular complexity index is 1060. The van der Waals surface area contributed by atoms with Crippen molar-refractivity contribution in [2.45, 2.75) is 25.0 Å². The minimum Gasteiger partial charge on any atom is -0.495 e. The highest BCUT2D eigenvalue weighted by Crippen LogP contribution is 2.30. The maximum Gasteiger partial charge on any atom is 0.319 e. The van der Waals surface area contributed by atoms with E-state index in [2.05, 4.69) is 30.5 Å². The van der Waals surface area contributed by atoms with E-state index in [4.69, 9.17) is 16.3 Å². The van der Waals surface area contributed by atoms with Crippen molar-refractivity contribution in [1.82, 2.24) is 20.3 Å². The van der Waals surface area contributed by atoms with Gasteiger partial charge in [0, 0.05) is 41.5 Å². The monoisotopic (exact) mass is 468 g/mol. The van der Waals surface area contributed by atoms with Gasteiger partial charge in [0.2, 0.25) is 0 Å². The number of hydrogen-bond acceptors (Lipinski definition) is 7. The van der Waals surface area contributed by atoms with E-state index in [1.807, 2.05) is 12.1 Å². The van der Waals surface area contributed by atoms with E-state index < -0.39 is 0 Å². The van der Waals surface area contributed by atoms with E-state index >= 15 is 0 Å². The molecule has 0 bridgehead atoms. The van der Waals surface area contributed by atoms with Crippen molar-refractivity contribution >= 4 is 29.0 Å². The standard InChI is InChI=1S/C23H25ClN6O3/c1-33-18-6-7-20(25-12-18)19-13-30(17-10-26-22(14-31)27-11-17)9-8-21(19)29-23(32)28-16-4-2-15(24)3-5-16/h2-7,10-12,19,21,31H,8-9,13-14H2,1H3,(H2,28,29,32)/t19-,21+/m0/s1. The minimum atomic E-state index is -0.287. The highest BCUT2D eigenvalue weighted by molar-refractivity contribution is 6.30. The Kier molecular flexibility index (Phi) is 7.21. The third-order valence-corrected chi connectivity index (χ3v) is 5.86. The molecule has 0 saturated carbocycles. The van der Waals surface area contributed by atoms with Crippen LogP contribution < -0.4 is 20.3 Å². The first kappa shape index (κ1) is 22.8. The van der Waals surface area contributed by atoms with Crippen LogP contribution in [0.2, 0.25) is 5.02 Å². The molecule has 1 aliphatic rings. The van der Waals surface area contributed by atoms with Crippen molar-refractivity contribution < 1.29 is 14.6 Å². The SMILES string of the molecule is COc1ccc([C@@H]2CN(c3cnc(CO)nc3)CC[C@H]2NC(=O)Nc2ccc(Cl)cc2)nc1. The van der Waals surface area contributed by atoms with Crippen molar-refractivity contribution in [2.24, 2.45) is 0 Å². The van der Waals surface area contributed by atoms with Gasteiger partial charge in [-0.25, -0.2) is 14.8 Å². The Labute approximate surface area is 196 Å². The minimum absolute atomic E-state index is 0.0712. The van der Waals surface area contributed by atoms with Gasteiger partial charge in [-0.1, -0.05) is 11.6 Å². The predicted octanol–water partition coefficient (Wildman–Crippen LogP) is 3.21. The van der Waals surface area contributed by atoms with Gasteiger partial charge in [0.15, 0.2) is 5.82 Å². The summed E-state index contributed by atoms with van der Waals surface area (Å²) in [5.41, 5.74) is 2.37. The lowest BCUT2D eigenvalue weighted by molar-refractivity contribution is 0.243. The number of amides is 2. The quantitative estimate of drug-likeness (QED) is 0.509. The van der Waals surface area contributed by atoms with Gasteiger partial charge in [-0.05, 0) is 42.8 Å². The zero-order chi connectivity index (χ0) is 23.2. The van der Waals surface area contributed by atoms with Gasteiger partial charge in [0.05, 0.1) is 31.4 Å². The third kappa shape index (κ3) is 5.68. The summed E-state index contributed by atoms with van der Waals surface area (Å²) in [7, 11) is 1.60. The molecular formula is C23H25ClN6O3. The lowest BCUT2D eigenvalue weighted by Gasteiger charge is -2.39. The summed E-state index contributed by atoms with van der Waals surface area (Å²) in [5, 5.41) is 15.8. The first-order valence-electron chi connectivity index (χ1n) is 10.6. The van der Waals surface area contributed by atoms with Gasteiger partial charge >= 0.3 is 6.03 Å². The van der Waals surface area contributed by atoms with Crippen LogP contribution in [0.15, 0.2) is 55.0 Å². The number of carbonyl (C=O) groups is 1. The molecule has 1 fully saturated rings. The molecule has 1 aliphatic heterocycles. The van der Waals surface area contributed by atoms with E-state index in [9.17, 15) is 9.90 Å². The number of halogens is 1. The topological polar surface area (TPSA) is 113 Å². The number of piperidine rings is 1. The van der Waals surface area contributed by atoms with Crippen LogP contribution in [0.25, 0.3) is 0 Å². The van der Waals surface area contributed by atoms with Crippen molar-refractivity contribution in [2.75, 3.05) is 30.4 Å². The second kappa shape index (κ2) is 10.5. The van der Waals surface area contributed by atoms with Crippen LogP contribution in [0.4, 0.5) is 16.2 Å². The molecule has 0 unspecified atom stereocenters. The first-order chi connectivity index (χ1) is 16.1. The zero-order valence-corrected chi connectivity index (χ0v) is 18.9. The van der Waals surface area contributed by atoms with Gasteiger partial charge in [0.1, 0.15) is 12.4 Å². The van der Waals surface area contributed by atoms with Crippen molar-refractivity contribution in [1.29, 1.82) is 0 Å². The second-order valence-corrected chi connectivity index (χ2v) is 8.13. The Morgan fingerprint density at radius 2 is 1.91 bits per heavy atom. The smallest absolute Gasteiger partial charge is 0.319 e. The van der Waals surface area contributed by atoms with E-state index in [1.165, 1.54) is 0 Å². The number of benzene rings is 1. The fraction of sp³-hybridized carbons (Fsp3) is 0.304. The number of carbonyl (C=O) groups excluding carboxylic acids is 1. The number of aromatic nitrogens is 3. The number of aliphatic hydroxyl groups is 1. The molecule has 1 saturated heterocycles. The van der Waals surface area contributed by atoms with Gasteiger partial charge in [-0.2, -0.15) is 0 Å². The molecule has 2 aromatic heterocycles.